The first-order chi connectivity index (χ1) is 8.80. The summed E-state index contributed by atoms with van der Waals surface area (Å²) in [5.74, 6) is -1.24. The zero-order valence-corrected chi connectivity index (χ0v) is 9.75. The molecule has 1 aromatic carbocycles. The summed E-state index contributed by atoms with van der Waals surface area (Å²) in [6, 6.07) is 4.40. The Morgan fingerprint density at radius 1 is 1.37 bits per heavy atom. The van der Waals surface area contributed by atoms with Gasteiger partial charge in [0.15, 0.2) is 0 Å². The van der Waals surface area contributed by atoms with E-state index in [-0.39, 0.29) is 16.8 Å². The van der Waals surface area contributed by atoms with Crippen LogP contribution in [-0.4, -0.2) is 21.3 Å². The number of carboxylic acids is 1. The molecule has 2 aromatic rings. The van der Waals surface area contributed by atoms with Gasteiger partial charge in [0, 0.05) is 11.3 Å². The second kappa shape index (κ2) is 4.42. The predicted octanol–water partition coefficient (Wildman–Crippen LogP) is 3.10. The van der Waals surface area contributed by atoms with E-state index in [2.05, 4.69) is 10.2 Å². The maximum absolute atomic E-state index is 12.6. The minimum atomic E-state index is -4.48. The van der Waals surface area contributed by atoms with Crippen molar-refractivity contribution in [3.8, 4) is 11.3 Å². The monoisotopic (exact) mass is 270 g/mol. The Hall–Kier alpha value is -2.31. The molecule has 0 fully saturated rings. The highest BCUT2D eigenvalue weighted by molar-refractivity contribution is 5.96. The zero-order valence-electron chi connectivity index (χ0n) is 9.75. The topological polar surface area (TPSA) is 66.0 Å². The van der Waals surface area contributed by atoms with Gasteiger partial charge in [-0.05, 0) is 19.1 Å². The molecule has 1 aromatic heterocycles. The molecule has 19 heavy (non-hydrogen) atoms. The number of halogens is 3. The highest BCUT2D eigenvalue weighted by Gasteiger charge is 2.31. The summed E-state index contributed by atoms with van der Waals surface area (Å²) in [4.78, 5) is 11.1. The van der Waals surface area contributed by atoms with Crippen LogP contribution in [0.3, 0.4) is 0 Å². The maximum atomic E-state index is 12.6. The summed E-state index contributed by atoms with van der Waals surface area (Å²) >= 11 is 0. The summed E-state index contributed by atoms with van der Waals surface area (Å²) in [5, 5.41) is 15.3. The van der Waals surface area contributed by atoms with Crippen LogP contribution in [0.2, 0.25) is 0 Å². The molecule has 0 unspecified atom stereocenters. The summed E-state index contributed by atoms with van der Waals surface area (Å²) in [7, 11) is 0. The second-order valence-electron chi connectivity index (χ2n) is 3.96. The molecule has 7 heteroatoms. The lowest BCUT2D eigenvalue weighted by Gasteiger charge is -2.07. The van der Waals surface area contributed by atoms with Gasteiger partial charge in [0.2, 0.25) is 0 Å². The molecule has 4 nitrogen and oxygen atoms in total. The number of carboxylic acid groups (broad SMARTS) is 1. The molecule has 0 spiro atoms. The largest absolute Gasteiger partial charge is 0.478 e. The molecular weight excluding hydrogens is 261 g/mol. The molecule has 0 aliphatic rings. The third-order valence-corrected chi connectivity index (χ3v) is 2.62. The minimum absolute atomic E-state index is 0.00361. The van der Waals surface area contributed by atoms with Crippen LogP contribution in [0.1, 0.15) is 21.6 Å². The van der Waals surface area contributed by atoms with E-state index in [1.807, 2.05) is 0 Å². The smallest absolute Gasteiger partial charge is 0.416 e. The molecule has 2 N–H and O–H groups in total. The van der Waals surface area contributed by atoms with Crippen molar-refractivity contribution in [2.24, 2.45) is 0 Å². The van der Waals surface area contributed by atoms with Gasteiger partial charge in [-0.1, -0.05) is 12.1 Å². The fourth-order valence-electron chi connectivity index (χ4n) is 1.74. The number of carbonyl (C=O) groups is 1. The molecule has 0 amide bonds. The SMILES string of the molecule is Cc1[nH]nc(-c2cccc(C(F)(F)F)c2)c1C(=O)O. The first-order valence-corrected chi connectivity index (χ1v) is 5.26. The van der Waals surface area contributed by atoms with Gasteiger partial charge in [0.05, 0.1) is 5.56 Å². The predicted molar refractivity (Wildman–Crippen MR) is 60.7 cm³/mol. The lowest BCUT2D eigenvalue weighted by Crippen LogP contribution is -2.05. The van der Waals surface area contributed by atoms with Crippen molar-refractivity contribution in [2.75, 3.05) is 0 Å². The second-order valence-corrected chi connectivity index (χ2v) is 3.96. The summed E-state index contributed by atoms with van der Waals surface area (Å²) < 4.78 is 37.8. The number of rotatable bonds is 2. The number of alkyl halides is 3. The van der Waals surface area contributed by atoms with E-state index in [4.69, 9.17) is 5.11 Å². The summed E-state index contributed by atoms with van der Waals surface area (Å²) in [5.41, 5.74) is -0.575. The van der Waals surface area contributed by atoms with Crippen LogP contribution in [0.5, 0.6) is 0 Å². The van der Waals surface area contributed by atoms with E-state index >= 15 is 0 Å². The molecule has 1 heterocycles. The third kappa shape index (κ3) is 2.44. The van der Waals surface area contributed by atoms with E-state index in [1.54, 1.807) is 0 Å². The van der Waals surface area contributed by atoms with Crippen LogP contribution in [0.25, 0.3) is 11.3 Å². The Bertz CT molecular complexity index is 632. The van der Waals surface area contributed by atoms with Crippen LogP contribution in [0, 0.1) is 6.92 Å². The molecule has 0 atom stereocenters. The van der Waals surface area contributed by atoms with Crippen molar-refractivity contribution in [3.05, 3.63) is 41.1 Å². The number of nitrogens with zero attached hydrogens (tertiary/aromatic N) is 1. The Kier molecular flexibility index (Phi) is 3.05. The van der Waals surface area contributed by atoms with E-state index in [0.29, 0.717) is 5.69 Å². The van der Waals surface area contributed by atoms with Crippen molar-refractivity contribution in [1.29, 1.82) is 0 Å². The first kappa shape index (κ1) is 13.1. The minimum Gasteiger partial charge on any atom is -0.478 e. The first-order valence-electron chi connectivity index (χ1n) is 5.26. The van der Waals surface area contributed by atoms with E-state index < -0.39 is 17.7 Å². The molecule has 0 saturated heterocycles. The fraction of sp³-hybridized carbons (Fsp3) is 0.167. The highest BCUT2D eigenvalue weighted by atomic mass is 19.4. The number of nitrogens with one attached hydrogen (secondary N) is 1. The summed E-state index contributed by atoms with van der Waals surface area (Å²) in [6.45, 7) is 1.49. The quantitative estimate of drug-likeness (QED) is 0.881. The number of aryl methyl sites for hydroxylation is 1. The lowest BCUT2D eigenvalue weighted by atomic mass is 10.0. The van der Waals surface area contributed by atoms with Gasteiger partial charge in [-0.25, -0.2) is 4.79 Å². The maximum Gasteiger partial charge on any atom is 0.416 e. The highest BCUT2D eigenvalue weighted by Crippen LogP contribution is 2.32. The number of hydrogen-bond acceptors (Lipinski definition) is 2. The molecule has 0 aliphatic heterocycles. The Labute approximate surface area is 105 Å². The summed E-state index contributed by atoms with van der Waals surface area (Å²) in [6.07, 6.45) is -4.48. The van der Waals surface area contributed by atoms with Gasteiger partial charge in [-0.3, -0.25) is 5.10 Å². The number of hydrogen-bond donors (Lipinski definition) is 2. The molecule has 100 valence electrons. The molecule has 0 bridgehead atoms. The van der Waals surface area contributed by atoms with Crippen LogP contribution >= 0.6 is 0 Å². The van der Waals surface area contributed by atoms with Gasteiger partial charge >= 0.3 is 12.1 Å². The Balaban J connectivity index is 2.57. The van der Waals surface area contributed by atoms with E-state index in [0.717, 1.165) is 12.1 Å². The van der Waals surface area contributed by atoms with Gasteiger partial charge in [-0.15, -0.1) is 0 Å². The third-order valence-electron chi connectivity index (χ3n) is 2.62. The molecule has 2 rings (SSSR count). The number of aromatic amines is 1. The van der Waals surface area contributed by atoms with Crippen molar-refractivity contribution in [3.63, 3.8) is 0 Å². The number of H-pyrrole nitrogens is 1. The number of aromatic carboxylic acids is 1. The average molecular weight is 270 g/mol. The standard InChI is InChI=1S/C12H9F3N2O2/c1-6-9(11(18)19)10(17-16-6)7-3-2-4-8(5-7)12(13,14)15/h2-5H,1H3,(H,16,17)(H,18,19). The average Bonchev–Trinajstić information content (AvgIpc) is 2.70. The Morgan fingerprint density at radius 2 is 2.05 bits per heavy atom. The fourth-order valence-corrected chi connectivity index (χ4v) is 1.74. The van der Waals surface area contributed by atoms with Crippen LogP contribution in [0.15, 0.2) is 24.3 Å². The number of benzene rings is 1. The van der Waals surface area contributed by atoms with Crippen molar-refractivity contribution >= 4 is 5.97 Å². The van der Waals surface area contributed by atoms with E-state index in [9.17, 15) is 18.0 Å². The number of aromatic nitrogens is 2. The van der Waals surface area contributed by atoms with Crippen LogP contribution in [0.4, 0.5) is 13.2 Å². The Morgan fingerprint density at radius 3 is 2.63 bits per heavy atom. The van der Waals surface area contributed by atoms with Crippen LogP contribution < -0.4 is 0 Å². The lowest BCUT2D eigenvalue weighted by molar-refractivity contribution is -0.137. The van der Waals surface area contributed by atoms with Gasteiger partial charge in [0.25, 0.3) is 0 Å². The molecule has 0 radical (unpaired) electrons. The van der Waals surface area contributed by atoms with Crippen molar-refractivity contribution in [2.45, 2.75) is 13.1 Å². The van der Waals surface area contributed by atoms with Crippen molar-refractivity contribution < 1.29 is 23.1 Å². The molecular formula is C12H9F3N2O2. The van der Waals surface area contributed by atoms with Gasteiger partial charge in [-0.2, -0.15) is 18.3 Å². The van der Waals surface area contributed by atoms with Gasteiger partial charge < -0.3 is 5.11 Å². The normalized spacial score (nSPS) is 11.6. The van der Waals surface area contributed by atoms with Crippen LogP contribution in [-0.2, 0) is 6.18 Å². The van der Waals surface area contributed by atoms with E-state index in [1.165, 1.54) is 19.1 Å². The molecule has 0 aliphatic carbocycles. The zero-order chi connectivity index (χ0) is 14.2. The van der Waals surface area contributed by atoms with Crippen molar-refractivity contribution in [1.82, 2.24) is 10.2 Å². The van der Waals surface area contributed by atoms with Gasteiger partial charge in [0.1, 0.15) is 11.3 Å². The molecule has 0 saturated carbocycles.